The molecule has 0 aliphatic heterocycles. The molecule has 5 rings (SSSR count). The molecule has 1 N–H and O–H groups in total. The van der Waals surface area contributed by atoms with E-state index in [0.29, 0.717) is 11.4 Å². The molecule has 0 saturated heterocycles. The maximum atomic E-state index is 12.9. The fraction of sp³-hybridized carbons (Fsp3) is 0.364. The summed E-state index contributed by atoms with van der Waals surface area (Å²) in [5.74, 6) is 0.525. The first-order chi connectivity index (χ1) is 16.2. The molecular weight excluding hydrogens is 449 g/mol. The van der Waals surface area contributed by atoms with Crippen LogP contribution in [0.3, 0.4) is 0 Å². The number of aromatic nitrogens is 7. The number of hydrogen-bond acceptors (Lipinski definition) is 6. The Morgan fingerprint density at radius 3 is 2.53 bits per heavy atom. The summed E-state index contributed by atoms with van der Waals surface area (Å²) >= 11 is 0. The SMILES string of the molecule is C[C@@H](c1ccc(C(F)(F)F)nc1)n1nc(C#N)c2c(=O)[nH]c([C@H]3CC[C@@H]3c3ccn(C)n3)nc21. The lowest BCUT2D eigenvalue weighted by atomic mass is 9.71. The van der Waals surface area contributed by atoms with Crippen LogP contribution in [0, 0.1) is 11.3 Å². The summed E-state index contributed by atoms with van der Waals surface area (Å²) in [6, 6.07) is 5.42. The third kappa shape index (κ3) is 3.53. The minimum atomic E-state index is -4.55. The molecule has 9 nitrogen and oxygen atoms in total. The summed E-state index contributed by atoms with van der Waals surface area (Å²) in [7, 11) is 1.84. The van der Waals surface area contributed by atoms with Crippen molar-refractivity contribution in [3.8, 4) is 6.07 Å². The number of rotatable bonds is 4. The van der Waals surface area contributed by atoms with Gasteiger partial charge in [0, 0.05) is 31.3 Å². The van der Waals surface area contributed by atoms with Crippen molar-refractivity contribution in [2.45, 2.75) is 43.8 Å². The molecule has 0 unspecified atom stereocenters. The number of nitriles is 1. The first-order valence-corrected chi connectivity index (χ1v) is 10.6. The number of H-pyrrole nitrogens is 1. The van der Waals surface area contributed by atoms with Crippen molar-refractivity contribution in [3.05, 3.63) is 69.4 Å². The number of aromatic amines is 1. The fourth-order valence-corrected chi connectivity index (χ4v) is 4.36. The summed E-state index contributed by atoms with van der Waals surface area (Å²) in [6.07, 6.45) is 0.139. The minimum Gasteiger partial charge on any atom is -0.310 e. The quantitative estimate of drug-likeness (QED) is 0.490. The van der Waals surface area contributed by atoms with Crippen molar-refractivity contribution in [2.24, 2.45) is 7.05 Å². The number of aryl methyl sites for hydroxylation is 1. The van der Waals surface area contributed by atoms with E-state index >= 15 is 0 Å². The van der Waals surface area contributed by atoms with Crippen LogP contribution >= 0.6 is 0 Å². The first kappa shape index (κ1) is 21.8. The van der Waals surface area contributed by atoms with Gasteiger partial charge in [-0.15, -0.1) is 0 Å². The molecule has 4 aromatic heterocycles. The molecule has 34 heavy (non-hydrogen) atoms. The van der Waals surface area contributed by atoms with Crippen molar-refractivity contribution in [1.82, 2.24) is 34.5 Å². The van der Waals surface area contributed by atoms with Crippen molar-refractivity contribution in [2.75, 3.05) is 0 Å². The summed E-state index contributed by atoms with van der Waals surface area (Å²) in [6.45, 7) is 1.69. The van der Waals surface area contributed by atoms with E-state index < -0.39 is 23.5 Å². The van der Waals surface area contributed by atoms with E-state index in [1.54, 1.807) is 11.6 Å². The zero-order valence-electron chi connectivity index (χ0n) is 18.2. The van der Waals surface area contributed by atoms with Crippen LogP contribution in [0.2, 0.25) is 0 Å². The Bertz CT molecular complexity index is 1480. The van der Waals surface area contributed by atoms with Crippen molar-refractivity contribution >= 4 is 11.0 Å². The number of fused-ring (bicyclic) bond motifs is 1. The summed E-state index contributed by atoms with van der Waals surface area (Å²) < 4.78 is 41.8. The Hall–Kier alpha value is -4.01. The predicted molar refractivity (Wildman–Crippen MR) is 114 cm³/mol. The number of nitrogens with one attached hydrogen (secondary N) is 1. The van der Waals surface area contributed by atoms with Gasteiger partial charge in [-0.05, 0) is 37.5 Å². The normalized spacial score (nSPS) is 19.1. The second kappa shape index (κ2) is 7.79. The van der Waals surface area contributed by atoms with Gasteiger partial charge in [0.2, 0.25) is 0 Å². The number of alkyl halides is 3. The standard InChI is InChI=1S/C22H19F3N8O/c1-11(12-3-6-17(27-10-12)22(23,24)25)33-20-18(16(9-26)31-33)21(34)29-19(28-20)14-5-4-13(14)15-7-8-32(2)30-15/h3,6-8,10-11,13-14H,4-5H2,1-2H3,(H,28,29,34)/t11-,13-,14-/m0/s1. The Balaban J connectivity index is 1.57. The number of hydrogen-bond donors (Lipinski definition) is 1. The molecule has 0 spiro atoms. The molecule has 0 amide bonds. The molecule has 174 valence electrons. The van der Waals surface area contributed by atoms with Gasteiger partial charge in [0.25, 0.3) is 5.56 Å². The number of nitrogens with zero attached hydrogens (tertiary/aromatic N) is 7. The first-order valence-electron chi connectivity index (χ1n) is 10.6. The molecule has 4 heterocycles. The van der Waals surface area contributed by atoms with Crippen molar-refractivity contribution in [1.29, 1.82) is 5.26 Å². The molecule has 12 heteroatoms. The van der Waals surface area contributed by atoms with E-state index in [1.807, 2.05) is 25.4 Å². The van der Waals surface area contributed by atoms with E-state index in [0.717, 1.165) is 30.8 Å². The topological polar surface area (TPSA) is 118 Å². The van der Waals surface area contributed by atoms with Gasteiger partial charge in [0.15, 0.2) is 11.3 Å². The van der Waals surface area contributed by atoms with Crippen molar-refractivity contribution < 1.29 is 13.2 Å². The minimum absolute atomic E-state index is 0.0479. The van der Waals surface area contributed by atoms with Gasteiger partial charge in [-0.2, -0.15) is 28.6 Å². The molecular formula is C22H19F3N8O. The van der Waals surface area contributed by atoms with E-state index in [9.17, 15) is 23.2 Å². The number of pyridine rings is 1. The largest absolute Gasteiger partial charge is 0.433 e. The molecule has 3 atom stereocenters. The Morgan fingerprint density at radius 1 is 1.21 bits per heavy atom. The average molecular weight is 468 g/mol. The van der Waals surface area contributed by atoms with Crippen LogP contribution in [0.1, 0.15) is 66.1 Å². The van der Waals surface area contributed by atoms with Gasteiger partial charge in [0.1, 0.15) is 23.0 Å². The van der Waals surface area contributed by atoms with Crippen molar-refractivity contribution in [3.63, 3.8) is 0 Å². The molecule has 1 saturated carbocycles. The lowest BCUT2D eigenvalue weighted by Gasteiger charge is -2.34. The Morgan fingerprint density at radius 2 is 1.97 bits per heavy atom. The smallest absolute Gasteiger partial charge is 0.310 e. The molecule has 0 bridgehead atoms. The highest BCUT2D eigenvalue weighted by Gasteiger charge is 2.37. The van der Waals surface area contributed by atoms with Crippen LogP contribution in [0.15, 0.2) is 35.4 Å². The summed E-state index contributed by atoms with van der Waals surface area (Å²) in [4.78, 5) is 23.9. The number of halogens is 3. The van der Waals surface area contributed by atoms with E-state index in [4.69, 9.17) is 0 Å². The van der Waals surface area contributed by atoms with Crippen LogP contribution in [0.5, 0.6) is 0 Å². The molecule has 0 aromatic carbocycles. The van der Waals surface area contributed by atoms with Crippen LogP contribution < -0.4 is 5.56 Å². The zero-order chi connectivity index (χ0) is 24.2. The predicted octanol–water partition coefficient (Wildman–Crippen LogP) is 3.41. The summed E-state index contributed by atoms with van der Waals surface area (Å²) in [5.41, 5.74) is -0.0372. The maximum Gasteiger partial charge on any atom is 0.433 e. The highest BCUT2D eigenvalue weighted by atomic mass is 19.4. The van der Waals surface area contributed by atoms with Gasteiger partial charge in [-0.1, -0.05) is 6.07 Å². The lowest BCUT2D eigenvalue weighted by Crippen LogP contribution is -2.27. The van der Waals surface area contributed by atoms with E-state index in [-0.39, 0.29) is 28.6 Å². The van der Waals surface area contributed by atoms with Crippen LogP contribution in [-0.4, -0.2) is 34.5 Å². The molecule has 1 aliphatic carbocycles. The maximum absolute atomic E-state index is 12.9. The second-order valence-corrected chi connectivity index (χ2v) is 8.41. The van der Waals surface area contributed by atoms with Gasteiger partial charge in [-0.25, -0.2) is 9.67 Å². The average Bonchev–Trinajstić information content (AvgIpc) is 3.35. The Kier molecular flexibility index (Phi) is 5.00. The zero-order valence-corrected chi connectivity index (χ0v) is 18.2. The molecule has 0 radical (unpaired) electrons. The van der Waals surface area contributed by atoms with Gasteiger partial charge in [-0.3, -0.25) is 14.5 Å². The van der Waals surface area contributed by atoms with Gasteiger partial charge in [0.05, 0.1) is 11.7 Å². The molecule has 1 fully saturated rings. The fourth-order valence-electron chi connectivity index (χ4n) is 4.36. The van der Waals surface area contributed by atoms with E-state index in [2.05, 4.69) is 25.1 Å². The van der Waals surface area contributed by atoms with Crippen LogP contribution in [0.4, 0.5) is 13.2 Å². The Labute approximate surface area is 190 Å². The van der Waals surface area contributed by atoms with Crippen LogP contribution in [-0.2, 0) is 13.2 Å². The highest BCUT2D eigenvalue weighted by Crippen LogP contribution is 2.47. The second-order valence-electron chi connectivity index (χ2n) is 8.41. The third-order valence-corrected chi connectivity index (χ3v) is 6.35. The van der Waals surface area contributed by atoms with Gasteiger partial charge >= 0.3 is 6.18 Å². The monoisotopic (exact) mass is 468 g/mol. The molecule has 4 aromatic rings. The third-order valence-electron chi connectivity index (χ3n) is 6.35. The van der Waals surface area contributed by atoms with Gasteiger partial charge < -0.3 is 4.98 Å². The molecule has 1 aliphatic rings. The summed E-state index contributed by atoms with van der Waals surface area (Å²) in [5, 5.41) is 18.3. The lowest BCUT2D eigenvalue weighted by molar-refractivity contribution is -0.141. The highest BCUT2D eigenvalue weighted by molar-refractivity contribution is 5.80. The van der Waals surface area contributed by atoms with E-state index in [1.165, 1.54) is 10.7 Å². The van der Waals surface area contributed by atoms with Crippen LogP contribution in [0.25, 0.3) is 11.0 Å².